The van der Waals surface area contributed by atoms with Crippen molar-refractivity contribution in [3.05, 3.63) is 40.9 Å². The van der Waals surface area contributed by atoms with Gasteiger partial charge in [0.2, 0.25) is 0 Å². The number of nitrogens with zero attached hydrogens (tertiary/aromatic N) is 2. The Hall–Kier alpha value is -1.46. The summed E-state index contributed by atoms with van der Waals surface area (Å²) < 4.78 is 3.63. The van der Waals surface area contributed by atoms with Crippen molar-refractivity contribution in [1.82, 2.24) is 9.59 Å². The van der Waals surface area contributed by atoms with Gasteiger partial charge in [0.15, 0.2) is 0 Å². The van der Waals surface area contributed by atoms with Crippen LogP contribution in [0.25, 0.3) is 0 Å². The molecule has 0 aliphatic carbocycles. The molecule has 0 radical (unpaired) electrons. The number of hydrogen-bond donors (Lipinski definition) is 1. The summed E-state index contributed by atoms with van der Waals surface area (Å²) in [5, 5.41) is 6.38. The second-order valence-corrected chi connectivity index (χ2v) is 4.08. The first-order valence-corrected chi connectivity index (χ1v) is 5.84. The van der Waals surface area contributed by atoms with Crippen LogP contribution in [0.4, 0.5) is 5.69 Å². The normalized spacial score (nSPS) is 10.1. The smallest absolute Gasteiger partial charge is 0.269 e. The molecule has 1 aromatic heterocycles. The van der Waals surface area contributed by atoms with Crippen molar-refractivity contribution < 1.29 is 4.79 Å². The topological polar surface area (TPSA) is 54.9 Å². The number of nitrogens with one attached hydrogen (secondary N) is 1. The van der Waals surface area contributed by atoms with E-state index in [1.54, 1.807) is 0 Å². The van der Waals surface area contributed by atoms with Crippen molar-refractivity contribution in [1.29, 1.82) is 0 Å². The van der Waals surface area contributed by atoms with Crippen LogP contribution in [-0.2, 0) is 5.88 Å². The van der Waals surface area contributed by atoms with Gasteiger partial charge in [0.1, 0.15) is 4.88 Å². The van der Waals surface area contributed by atoms with E-state index >= 15 is 0 Å². The molecule has 0 aliphatic heterocycles. The minimum absolute atomic E-state index is 0.215. The molecule has 0 spiro atoms. The van der Waals surface area contributed by atoms with Crippen molar-refractivity contribution in [2.75, 3.05) is 5.32 Å². The van der Waals surface area contributed by atoms with Gasteiger partial charge in [-0.25, -0.2) is 0 Å². The molecule has 0 saturated carbocycles. The van der Waals surface area contributed by atoms with Crippen molar-refractivity contribution in [3.63, 3.8) is 0 Å². The zero-order valence-electron chi connectivity index (χ0n) is 8.18. The van der Waals surface area contributed by atoms with Crippen LogP contribution in [0.5, 0.6) is 0 Å². The number of rotatable bonds is 3. The molecule has 0 saturated heterocycles. The average Bonchev–Trinajstić information content (AvgIpc) is 2.83. The maximum absolute atomic E-state index is 11.7. The molecule has 16 heavy (non-hydrogen) atoms. The van der Waals surface area contributed by atoms with Crippen LogP contribution >= 0.6 is 23.1 Å². The number of benzene rings is 1. The highest BCUT2D eigenvalue weighted by molar-refractivity contribution is 7.07. The second-order valence-electron chi connectivity index (χ2n) is 3.03. The molecule has 2 aromatic rings. The molecular weight excluding hydrogens is 246 g/mol. The van der Waals surface area contributed by atoms with Crippen LogP contribution < -0.4 is 5.32 Å². The highest BCUT2D eigenvalue weighted by Gasteiger charge is 2.10. The highest BCUT2D eigenvalue weighted by Crippen LogP contribution is 2.18. The molecule has 0 aliphatic rings. The summed E-state index contributed by atoms with van der Waals surface area (Å²) in [4.78, 5) is 12.2. The number of halogens is 1. The third-order valence-corrected chi connectivity index (χ3v) is 2.95. The number of carbonyl (C=O) groups is 1. The van der Waals surface area contributed by atoms with Gasteiger partial charge in [-0.15, -0.1) is 16.7 Å². The van der Waals surface area contributed by atoms with Crippen LogP contribution in [0.2, 0.25) is 0 Å². The van der Waals surface area contributed by atoms with Crippen molar-refractivity contribution >= 4 is 34.7 Å². The van der Waals surface area contributed by atoms with Gasteiger partial charge < -0.3 is 5.32 Å². The first-order valence-electron chi connectivity index (χ1n) is 4.54. The summed E-state index contributed by atoms with van der Waals surface area (Å²) in [5.74, 6) is 0.143. The van der Waals surface area contributed by atoms with E-state index in [4.69, 9.17) is 11.6 Å². The largest absolute Gasteiger partial charge is 0.321 e. The molecule has 1 heterocycles. The van der Waals surface area contributed by atoms with E-state index in [2.05, 4.69) is 14.9 Å². The second kappa shape index (κ2) is 5.05. The van der Waals surface area contributed by atoms with Gasteiger partial charge in [-0.3, -0.25) is 4.79 Å². The molecule has 0 fully saturated rings. The average molecular weight is 254 g/mol. The SMILES string of the molecule is O=C(Nc1ccccc1CCl)c1cnns1. The minimum Gasteiger partial charge on any atom is -0.321 e. The van der Waals surface area contributed by atoms with Gasteiger partial charge >= 0.3 is 0 Å². The van der Waals surface area contributed by atoms with Gasteiger partial charge in [-0.1, -0.05) is 22.7 Å². The third kappa shape index (κ3) is 2.37. The Kier molecular flexibility index (Phi) is 3.48. The predicted molar refractivity (Wildman–Crippen MR) is 63.9 cm³/mol. The summed E-state index contributed by atoms with van der Waals surface area (Å²) in [6.07, 6.45) is 1.43. The molecule has 82 valence electrons. The van der Waals surface area contributed by atoms with E-state index in [9.17, 15) is 4.79 Å². The van der Waals surface area contributed by atoms with E-state index in [-0.39, 0.29) is 5.91 Å². The lowest BCUT2D eigenvalue weighted by molar-refractivity contribution is 0.103. The fraction of sp³-hybridized carbons (Fsp3) is 0.100. The van der Waals surface area contributed by atoms with Gasteiger partial charge in [0, 0.05) is 11.6 Å². The third-order valence-electron chi connectivity index (χ3n) is 1.99. The van der Waals surface area contributed by atoms with Gasteiger partial charge in [0.25, 0.3) is 5.91 Å². The van der Waals surface area contributed by atoms with E-state index in [0.717, 1.165) is 22.8 Å². The summed E-state index contributed by atoms with van der Waals surface area (Å²) >= 11 is 6.82. The lowest BCUT2D eigenvalue weighted by Crippen LogP contribution is -2.11. The Bertz CT molecular complexity index is 487. The maximum atomic E-state index is 11.7. The van der Waals surface area contributed by atoms with Crippen molar-refractivity contribution in [2.45, 2.75) is 5.88 Å². The molecule has 1 N–H and O–H groups in total. The number of carbonyl (C=O) groups excluding carboxylic acids is 1. The quantitative estimate of drug-likeness (QED) is 0.856. The molecule has 2 rings (SSSR count). The van der Waals surface area contributed by atoms with E-state index in [0.29, 0.717) is 10.8 Å². The number of para-hydroxylation sites is 1. The summed E-state index contributed by atoms with van der Waals surface area (Å²) in [5.41, 5.74) is 1.60. The van der Waals surface area contributed by atoms with Gasteiger partial charge in [0.05, 0.1) is 6.20 Å². The summed E-state index contributed by atoms with van der Waals surface area (Å²) in [6, 6.07) is 7.40. The van der Waals surface area contributed by atoms with E-state index in [1.165, 1.54) is 6.20 Å². The Morgan fingerprint density at radius 2 is 2.25 bits per heavy atom. The molecule has 0 bridgehead atoms. The fourth-order valence-corrected chi connectivity index (χ4v) is 1.85. The number of anilines is 1. The Morgan fingerprint density at radius 1 is 1.44 bits per heavy atom. The molecule has 0 atom stereocenters. The minimum atomic E-state index is -0.215. The van der Waals surface area contributed by atoms with Crippen LogP contribution in [0.15, 0.2) is 30.5 Å². The van der Waals surface area contributed by atoms with Crippen LogP contribution in [0.1, 0.15) is 15.2 Å². The summed E-state index contributed by atoms with van der Waals surface area (Å²) in [7, 11) is 0. The lowest BCUT2D eigenvalue weighted by Gasteiger charge is -2.07. The molecule has 6 heteroatoms. The number of aromatic nitrogens is 2. The van der Waals surface area contributed by atoms with Crippen LogP contribution in [0, 0.1) is 0 Å². The van der Waals surface area contributed by atoms with E-state index < -0.39 is 0 Å². The van der Waals surface area contributed by atoms with Crippen LogP contribution in [0.3, 0.4) is 0 Å². The zero-order chi connectivity index (χ0) is 11.4. The van der Waals surface area contributed by atoms with Gasteiger partial charge in [-0.05, 0) is 23.2 Å². The molecular formula is C10H8ClN3OS. The fourth-order valence-electron chi connectivity index (χ4n) is 1.21. The Labute approximate surface area is 101 Å². The lowest BCUT2D eigenvalue weighted by atomic mass is 10.2. The predicted octanol–water partition coefficient (Wildman–Crippen LogP) is 2.53. The number of alkyl halides is 1. The molecule has 4 nitrogen and oxygen atoms in total. The molecule has 1 aromatic carbocycles. The number of hydrogen-bond acceptors (Lipinski definition) is 4. The van der Waals surface area contributed by atoms with Crippen LogP contribution in [-0.4, -0.2) is 15.5 Å². The molecule has 1 amide bonds. The summed E-state index contributed by atoms with van der Waals surface area (Å²) in [6.45, 7) is 0. The highest BCUT2D eigenvalue weighted by atomic mass is 35.5. The van der Waals surface area contributed by atoms with E-state index in [1.807, 2.05) is 24.3 Å². The van der Waals surface area contributed by atoms with Crippen molar-refractivity contribution in [3.8, 4) is 0 Å². The monoisotopic (exact) mass is 253 g/mol. The van der Waals surface area contributed by atoms with Gasteiger partial charge in [-0.2, -0.15) is 0 Å². The molecule has 0 unspecified atom stereocenters. The zero-order valence-corrected chi connectivity index (χ0v) is 9.76. The number of amides is 1. The van der Waals surface area contributed by atoms with Crippen molar-refractivity contribution in [2.24, 2.45) is 0 Å². The first-order chi connectivity index (χ1) is 7.81. The first kappa shape index (κ1) is 11.0. The Balaban J connectivity index is 2.18. The Morgan fingerprint density at radius 3 is 2.94 bits per heavy atom. The standard InChI is InChI=1S/C10H8ClN3OS/c11-5-7-3-1-2-4-8(7)13-10(15)9-6-12-14-16-9/h1-4,6H,5H2,(H,13,15). The maximum Gasteiger partial charge on any atom is 0.269 e.